The van der Waals surface area contributed by atoms with Gasteiger partial charge in [0, 0.05) is 30.8 Å². The molecule has 1 atom stereocenters. The number of hydrogen-bond acceptors (Lipinski definition) is 3. The molecule has 0 bridgehead atoms. The summed E-state index contributed by atoms with van der Waals surface area (Å²) in [5.41, 5.74) is 0.784. The van der Waals surface area contributed by atoms with E-state index in [-0.39, 0.29) is 6.03 Å². The zero-order valence-corrected chi connectivity index (χ0v) is 14.0. The van der Waals surface area contributed by atoms with Gasteiger partial charge >= 0.3 is 6.03 Å². The fourth-order valence-electron chi connectivity index (χ4n) is 2.25. The summed E-state index contributed by atoms with van der Waals surface area (Å²) in [6.07, 6.45) is 0. The summed E-state index contributed by atoms with van der Waals surface area (Å²) in [4.78, 5) is 15.8. The Bertz CT molecular complexity index is 734. The molecule has 5 nitrogen and oxygen atoms in total. The molecule has 2 amide bonds. The van der Waals surface area contributed by atoms with Crippen LogP contribution in [0.4, 0.5) is 10.5 Å². The van der Waals surface area contributed by atoms with Gasteiger partial charge in [-0.05, 0) is 48.5 Å². The van der Waals surface area contributed by atoms with Crippen LogP contribution in [0, 0.1) is 0 Å². The van der Waals surface area contributed by atoms with Crippen LogP contribution in [0.5, 0.6) is 5.75 Å². The molecule has 1 heterocycles. The molecule has 0 N–H and O–H groups in total. The van der Waals surface area contributed by atoms with Crippen molar-refractivity contribution in [1.29, 1.82) is 0 Å². The Balaban J connectivity index is 1.70. The average molecular weight is 351 g/mol. The standard InChI is InChI=1S/C16H15ClN2O3S/c1-18-10-11-19(16(18)20)13-4-8-15(9-5-13)23(21)22-14-6-2-12(17)3-7-14/h2-9H,10-11H2,1H3. The highest BCUT2D eigenvalue weighted by atomic mass is 35.5. The summed E-state index contributed by atoms with van der Waals surface area (Å²) in [5.74, 6) is 0.480. The van der Waals surface area contributed by atoms with E-state index in [2.05, 4.69) is 0 Å². The highest BCUT2D eigenvalue weighted by Gasteiger charge is 2.26. The fraction of sp³-hybridized carbons (Fsp3) is 0.188. The molecule has 120 valence electrons. The molecule has 0 saturated carbocycles. The van der Waals surface area contributed by atoms with Gasteiger partial charge in [0.05, 0.1) is 4.90 Å². The van der Waals surface area contributed by atoms with E-state index in [1.807, 2.05) is 0 Å². The number of nitrogens with zero attached hydrogens (tertiary/aromatic N) is 2. The van der Waals surface area contributed by atoms with Crippen molar-refractivity contribution in [3.63, 3.8) is 0 Å². The lowest BCUT2D eigenvalue weighted by atomic mass is 10.3. The number of anilines is 1. The molecule has 1 saturated heterocycles. The zero-order valence-electron chi connectivity index (χ0n) is 12.4. The van der Waals surface area contributed by atoms with E-state index in [0.29, 0.717) is 28.8 Å². The first kappa shape index (κ1) is 15.8. The zero-order chi connectivity index (χ0) is 16.4. The van der Waals surface area contributed by atoms with E-state index < -0.39 is 11.1 Å². The van der Waals surface area contributed by atoms with Crippen molar-refractivity contribution < 1.29 is 13.2 Å². The van der Waals surface area contributed by atoms with Gasteiger partial charge in [-0.3, -0.25) is 4.90 Å². The minimum atomic E-state index is -1.62. The van der Waals surface area contributed by atoms with Crippen LogP contribution in [0.2, 0.25) is 5.02 Å². The third kappa shape index (κ3) is 3.48. The molecular formula is C16H15ClN2O3S. The number of hydrogen-bond donors (Lipinski definition) is 0. The van der Waals surface area contributed by atoms with Crippen LogP contribution in [0.15, 0.2) is 53.4 Å². The first-order chi connectivity index (χ1) is 11.0. The number of rotatable bonds is 4. The van der Waals surface area contributed by atoms with Crippen molar-refractivity contribution in [2.75, 3.05) is 25.0 Å². The van der Waals surface area contributed by atoms with Crippen LogP contribution in [-0.2, 0) is 11.1 Å². The molecular weight excluding hydrogens is 336 g/mol. The van der Waals surface area contributed by atoms with Crippen molar-refractivity contribution in [3.05, 3.63) is 53.6 Å². The van der Waals surface area contributed by atoms with Crippen LogP contribution >= 0.6 is 11.6 Å². The fourth-order valence-corrected chi connectivity index (χ4v) is 3.12. The molecule has 3 rings (SSSR count). The SMILES string of the molecule is CN1CCN(c2ccc(S(=O)Oc3ccc(Cl)cc3)cc2)C1=O. The predicted octanol–water partition coefficient (Wildman–Crippen LogP) is 3.31. The van der Waals surface area contributed by atoms with Crippen LogP contribution in [-0.4, -0.2) is 35.3 Å². The molecule has 1 fully saturated rings. The van der Waals surface area contributed by atoms with Gasteiger partial charge in [0.25, 0.3) is 0 Å². The Labute approximate surface area is 142 Å². The first-order valence-corrected chi connectivity index (χ1v) is 8.48. The number of halogens is 1. The highest BCUT2D eigenvalue weighted by molar-refractivity contribution is 7.80. The second-order valence-electron chi connectivity index (χ2n) is 5.12. The van der Waals surface area contributed by atoms with E-state index in [4.69, 9.17) is 15.8 Å². The predicted molar refractivity (Wildman–Crippen MR) is 90.3 cm³/mol. The Morgan fingerprint density at radius 1 is 1.04 bits per heavy atom. The first-order valence-electron chi connectivity index (χ1n) is 7.03. The molecule has 23 heavy (non-hydrogen) atoms. The average Bonchev–Trinajstić information content (AvgIpc) is 2.89. The third-order valence-electron chi connectivity index (χ3n) is 3.54. The van der Waals surface area contributed by atoms with Gasteiger partial charge < -0.3 is 9.08 Å². The van der Waals surface area contributed by atoms with E-state index in [9.17, 15) is 9.00 Å². The Hall–Kier alpha value is -2.05. The Morgan fingerprint density at radius 2 is 1.70 bits per heavy atom. The Kier molecular flexibility index (Phi) is 4.54. The lowest BCUT2D eigenvalue weighted by Gasteiger charge is -2.16. The number of likely N-dealkylation sites (N-methyl/N-ethyl adjacent to an activating group) is 1. The molecule has 2 aromatic rings. The van der Waals surface area contributed by atoms with E-state index in [1.165, 1.54) is 0 Å². The smallest absolute Gasteiger partial charge is 0.324 e. The monoisotopic (exact) mass is 350 g/mol. The van der Waals surface area contributed by atoms with Crippen molar-refractivity contribution in [3.8, 4) is 5.75 Å². The highest BCUT2D eigenvalue weighted by Crippen LogP contribution is 2.23. The van der Waals surface area contributed by atoms with Gasteiger partial charge in [0.1, 0.15) is 5.75 Å². The molecule has 7 heteroatoms. The van der Waals surface area contributed by atoms with E-state index >= 15 is 0 Å². The molecule has 0 aliphatic carbocycles. The number of carbonyl (C=O) groups excluding carboxylic acids is 1. The summed E-state index contributed by atoms with van der Waals surface area (Å²) in [7, 11) is 1.77. The van der Waals surface area contributed by atoms with Crippen LogP contribution < -0.4 is 9.08 Å². The number of urea groups is 1. The summed E-state index contributed by atoms with van der Waals surface area (Å²) < 4.78 is 17.6. The van der Waals surface area contributed by atoms with Gasteiger partial charge in [0.15, 0.2) is 0 Å². The molecule has 0 aromatic heterocycles. The number of carbonyl (C=O) groups is 1. The Morgan fingerprint density at radius 3 is 2.26 bits per heavy atom. The maximum Gasteiger partial charge on any atom is 0.324 e. The van der Waals surface area contributed by atoms with Gasteiger partial charge in [-0.2, -0.15) is 0 Å². The summed E-state index contributed by atoms with van der Waals surface area (Å²) in [6, 6.07) is 13.6. The minimum absolute atomic E-state index is 0.0312. The molecule has 1 aliphatic heterocycles. The van der Waals surface area contributed by atoms with Crippen molar-refractivity contribution in [2.24, 2.45) is 0 Å². The van der Waals surface area contributed by atoms with Gasteiger partial charge in [-0.25, -0.2) is 9.00 Å². The van der Waals surface area contributed by atoms with Gasteiger partial charge in [-0.15, -0.1) is 0 Å². The summed E-state index contributed by atoms with van der Waals surface area (Å²) in [5, 5.41) is 0.590. The summed E-state index contributed by atoms with van der Waals surface area (Å²) >= 11 is 4.18. The summed E-state index contributed by atoms with van der Waals surface area (Å²) in [6.45, 7) is 1.35. The molecule has 1 aliphatic rings. The lowest BCUT2D eigenvalue weighted by Crippen LogP contribution is -2.29. The van der Waals surface area contributed by atoms with Crippen LogP contribution in [0.25, 0.3) is 0 Å². The maximum absolute atomic E-state index is 12.2. The molecule has 2 aromatic carbocycles. The number of benzene rings is 2. The molecule has 0 spiro atoms. The van der Waals surface area contributed by atoms with Crippen LogP contribution in [0.1, 0.15) is 0 Å². The normalized spacial score (nSPS) is 15.8. The minimum Gasteiger partial charge on any atom is -0.397 e. The van der Waals surface area contributed by atoms with Crippen molar-refractivity contribution >= 4 is 34.4 Å². The second-order valence-corrected chi connectivity index (χ2v) is 6.67. The van der Waals surface area contributed by atoms with E-state index in [0.717, 1.165) is 5.69 Å². The quantitative estimate of drug-likeness (QED) is 0.850. The molecule has 0 radical (unpaired) electrons. The molecule has 1 unspecified atom stereocenters. The second kappa shape index (κ2) is 6.60. The number of amides is 2. The van der Waals surface area contributed by atoms with Gasteiger partial charge in [-0.1, -0.05) is 11.6 Å². The van der Waals surface area contributed by atoms with Crippen LogP contribution in [0.3, 0.4) is 0 Å². The van der Waals surface area contributed by atoms with Crippen molar-refractivity contribution in [2.45, 2.75) is 4.90 Å². The van der Waals surface area contributed by atoms with Crippen molar-refractivity contribution in [1.82, 2.24) is 4.90 Å². The largest absolute Gasteiger partial charge is 0.397 e. The van der Waals surface area contributed by atoms with Gasteiger partial charge in [0.2, 0.25) is 11.1 Å². The maximum atomic E-state index is 12.2. The van der Waals surface area contributed by atoms with E-state index in [1.54, 1.807) is 65.4 Å². The third-order valence-corrected chi connectivity index (χ3v) is 4.80. The lowest BCUT2D eigenvalue weighted by molar-refractivity contribution is 0.229. The topological polar surface area (TPSA) is 49.9 Å².